The van der Waals surface area contributed by atoms with Crippen molar-refractivity contribution < 1.29 is 4.84 Å². The first-order valence-electron chi connectivity index (χ1n) is 2.26. The number of oxime groups is 1. The van der Waals surface area contributed by atoms with Crippen LogP contribution in [0.3, 0.4) is 0 Å². The molecule has 1 aliphatic rings. The average molecular weight is 127 g/mol. The lowest BCUT2D eigenvalue weighted by molar-refractivity contribution is 0.271. The molecule has 0 fully saturated rings. The molecule has 8 heavy (non-hydrogen) atoms. The van der Waals surface area contributed by atoms with E-state index in [1.54, 1.807) is 12.3 Å². The van der Waals surface area contributed by atoms with Gasteiger partial charge in [0.2, 0.25) is 0 Å². The molecule has 0 aliphatic carbocycles. The van der Waals surface area contributed by atoms with E-state index in [2.05, 4.69) is 9.99 Å². The number of thiocarbonyl (C=S) groups is 1. The molecule has 0 aromatic heterocycles. The van der Waals surface area contributed by atoms with Gasteiger partial charge >= 0.3 is 0 Å². The van der Waals surface area contributed by atoms with Gasteiger partial charge in [-0.3, -0.25) is 0 Å². The molecule has 0 N–H and O–H groups in total. The molecule has 0 spiro atoms. The van der Waals surface area contributed by atoms with Crippen LogP contribution in [0.5, 0.6) is 0 Å². The quantitative estimate of drug-likeness (QED) is 0.457. The maximum absolute atomic E-state index is 4.83. The highest BCUT2D eigenvalue weighted by atomic mass is 32.1. The fraction of sp³-hybridized carbons (Fsp3) is 0.200. The largest absolute Gasteiger partial charge is 0.365 e. The van der Waals surface area contributed by atoms with Crippen LogP contribution in [-0.2, 0) is 4.84 Å². The van der Waals surface area contributed by atoms with E-state index in [1.165, 1.54) is 6.26 Å². The summed E-state index contributed by atoms with van der Waals surface area (Å²) in [7, 11) is 0. The number of hydrogen-bond acceptors (Lipinski definition) is 3. The van der Waals surface area contributed by atoms with Crippen LogP contribution in [0.15, 0.2) is 17.5 Å². The summed E-state index contributed by atoms with van der Waals surface area (Å²) in [4.78, 5) is 5.42. The molecular weight excluding hydrogens is 122 g/mol. The Kier molecular flexibility index (Phi) is 1.75. The van der Waals surface area contributed by atoms with E-state index in [9.17, 15) is 0 Å². The van der Waals surface area contributed by atoms with Crippen molar-refractivity contribution in [2.45, 2.75) is 6.42 Å². The summed E-state index contributed by atoms with van der Waals surface area (Å²) < 4.78 is 0. The van der Waals surface area contributed by atoms with Crippen molar-refractivity contribution in [2.75, 3.05) is 0 Å². The predicted octanol–water partition coefficient (Wildman–Crippen LogP) is 1.28. The molecule has 0 atom stereocenters. The maximum atomic E-state index is 4.83. The number of hydrogen-bond donors (Lipinski definition) is 0. The monoisotopic (exact) mass is 127 g/mol. The van der Waals surface area contributed by atoms with E-state index in [1.807, 2.05) is 0 Å². The van der Waals surface area contributed by atoms with Gasteiger partial charge in [0.1, 0.15) is 6.26 Å². The smallest absolute Gasteiger partial charge is 0.123 e. The second-order valence-corrected chi connectivity index (χ2v) is 1.89. The van der Waals surface area contributed by atoms with Gasteiger partial charge in [-0.05, 0) is 6.08 Å². The molecule has 0 aromatic rings. The fourth-order valence-electron chi connectivity index (χ4n) is 0.380. The topological polar surface area (TPSA) is 21.6 Å². The number of nitrogens with zero attached hydrogens (tertiary/aromatic N) is 1. The highest BCUT2D eigenvalue weighted by Crippen LogP contribution is 1.92. The minimum Gasteiger partial charge on any atom is -0.365 e. The van der Waals surface area contributed by atoms with Crippen molar-refractivity contribution in [1.29, 1.82) is 0 Å². The summed E-state index contributed by atoms with van der Waals surface area (Å²) >= 11 is 4.83. The second-order valence-electron chi connectivity index (χ2n) is 1.37. The van der Waals surface area contributed by atoms with Gasteiger partial charge in [-0.15, -0.1) is 0 Å². The summed E-state index contributed by atoms with van der Waals surface area (Å²) in [6.07, 6.45) is 5.56. The van der Waals surface area contributed by atoms with Gasteiger partial charge in [0.25, 0.3) is 0 Å². The Morgan fingerprint density at radius 3 is 3.50 bits per heavy atom. The Bertz CT molecular complexity index is 151. The minimum absolute atomic E-state index is 0.714. The third-order valence-corrected chi connectivity index (χ3v) is 1.05. The van der Waals surface area contributed by atoms with Crippen LogP contribution in [0, 0.1) is 0 Å². The molecule has 0 amide bonds. The Morgan fingerprint density at radius 2 is 2.62 bits per heavy atom. The Labute approximate surface area is 52.8 Å². The van der Waals surface area contributed by atoms with E-state index >= 15 is 0 Å². The van der Waals surface area contributed by atoms with Crippen molar-refractivity contribution in [1.82, 2.24) is 0 Å². The first-order valence-corrected chi connectivity index (χ1v) is 2.67. The van der Waals surface area contributed by atoms with Crippen LogP contribution >= 0.6 is 12.2 Å². The first kappa shape index (κ1) is 5.44. The standard InChI is InChI=1S/C5H5NOS/c8-5-1-3-6-7-4-2-5/h2-4H,1H2. The summed E-state index contributed by atoms with van der Waals surface area (Å²) in [5.74, 6) is 0. The molecule has 2 nitrogen and oxygen atoms in total. The molecule has 3 heteroatoms. The van der Waals surface area contributed by atoms with Crippen molar-refractivity contribution in [3.63, 3.8) is 0 Å². The van der Waals surface area contributed by atoms with Crippen LogP contribution in [0.2, 0.25) is 0 Å². The minimum atomic E-state index is 0.714. The first-order chi connectivity index (χ1) is 3.89. The summed E-state index contributed by atoms with van der Waals surface area (Å²) in [5, 5.41) is 3.52. The van der Waals surface area contributed by atoms with Gasteiger partial charge < -0.3 is 4.84 Å². The molecule has 0 saturated carbocycles. The molecule has 0 radical (unpaired) electrons. The van der Waals surface area contributed by atoms with Gasteiger partial charge in [-0.25, -0.2) is 0 Å². The van der Waals surface area contributed by atoms with Crippen molar-refractivity contribution >= 4 is 23.3 Å². The maximum Gasteiger partial charge on any atom is 0.123 e. The van der Waals surface area contributed by atoms with E-state index in [0.717, 1.165) is 4.86 Å². The van der Waals surface area contributed by atoms with E-state index in [-0.39, 0.29) is 0 Å². The number of rotatable bonds is 0. The number of allylic oxidation sites excluding steroid dienone is 1. The van der Waals surface area contributed by atoms with Crippen LogP contribution < -0.4 is 0 Å². The van der Waals surface area contributed by atoms with Crippen LogP contribution in [0.1, 0.15) is 6.42 Å². The van der Waals surface area contributed by atoms with Gasteiger partial charge in [-0.2, -0.15) is 0 Å². The molecule has 1 rings (SSSR count). The third kappa shape index (κ3) is 1.42. The molecular formula is C5H5NOS. The average Bonchev–Trinajstić information content (AvgIpc) is 1.94. The van der Waals surface area contributed by atoms with Crippen LogP contribution in [0.4, 0.5) is 0 Å². The molecule has 1 heterocycles. The normalized spacial score (nSPS) is 17.8. The Hall–Kier alpha value is -0.700. The second kappa shape index (κ2) is 2.57. The van der Waals surface area contributed by atoms with Gasteiger partial charge in [0.15, 0.2) is 0 Å². The van der Waals surface area contributed by atoms with Crippen LogP contribution in [0.25, 0.3) is 0 Å². The predicted molar refractivity (Wildman–Crippen MR) is 35.9 cm³/mol. The van der Waals surface area contributed by atoms with Gasteiger partial charge in [-0.1, -0.05) is 17.4 Å². The molecule has 42 valence electrons. The van der Waals surface area contributed by atoms with E-state index < -0.39 is 0 Å². The zero-order valence-electron chi connectivity index (χ0n) is 4.20. The Balaban J connectivity index is 2.61. The van der Waals surface area contributed by atoms with Crippen LogP contribution in [-0.4, -0.2) is 11.1 Å². The third-order valence-electron chi connectivity index (χ3n) is 0.743. The molecule has 0 aromatic carbocycles. The summed E-state index contributed by atoms with van der Waals surface area (Å²) in [6.45, 7) is 0. The fourth-order valence-corrected chi connectivity index (χ4v) is 0.510. The van der Waals surface area contributed by atoms with E-state index in [0.29, 0.717) is 6.42 Å². The summed E-state index contributed by atoms with van der Waals surface area (Å²) in [5.41, 5.74) is 0. The molecule has 0 bridgehead atoms. The zero-order chi connectivity index (χ0) is 5.82. The zero-order valence-corrected chi connectivity index (χ0v) is 5.02. The summed E-state index contributed by atoms with van der Waals surface area (Å²) in [6, 6.07) is 0. The highest BCUT2D eigenvalue weighted by Gasteiger charge is 1.90. The van der Waals surface area contributed by atoms with Crippen molar-refractivity contribution in [3.8, 4) is 0 Å². The van der Waals surface area contributed by atoms with Crippen molar-refractivity contribution in [3.05, 3.63) is 12.3 Å². The Morgan fingerprint density at radius 1 is 1.75 bits per heavy atom. The molecule has 0 unspecified atom stereocenters. The SMILES string of the molecule is S=C1C=CON=CC1. The molecule has 0 saturated heterocycles. The van der Waals surface area contributed by atoms with Gasteiger partial charge in [0.05, 0.1) is 0 Å². The highest BCUT2D eigenvalue weighted by molar-refractivity contribution is 7.80. The van der Waals surface area contributed by atoms with Gasteiger partial charge in [0, 0.05) is 17.5 Å². The van der Waals surface area contributed by atoms with Crippen molar-refractivity contribution in [2.24, 2.45) is 5.16 Å². The van der Waals surface area contributed by atoms with E-state index in [4.69, 9.17) is 12.2 Å². The lowest BCUT2D eigenvalue weighted by Crippen LogP contribution is -1.85. The molecule has 1 aliphatic heterocycles. The lowest BCUT2D eigenvalue weighted by Gasteiger charge is -1.79. The lowest BCUT2D eigenvalue weighted by atomic mass is 10.3.